The van der Waals surface area contributed by atoms with E-state index in [2.05, 4.69) is 4.98 Å². The van der Waals surface area contributed by atoms with Crippen molar-refractivity contribution >= 4 is 29.2 Å². The molecule has 3 aromatic rings. The highest BCUT2D eigenvalue weighted by Gasteiger charge is 2.33. The van der Waals surface area contributed by atoms with Crippen molar-refractivity contribution < 1.29 is 32.6 Å². The maximum absolute atomic E-state index is 13.4. The Morgan fingerprint density at radius 1 is 1.11 bits per heavy atom. The summed E-state index contributed by atoms with van der Waals surface area (Å²) in [6.45, 7) is 1.28. The molecule has 0 aliphatic heterocycles. The standard InChI is InChI=1S/C25H16ClF3N4O4/c1-13(24(35)36)37-20-5-3-4-15(10-30)22(20)33(2)23(34)14-6-7-19(26)17(8-14)18-12-32-21(25(27,28)29)9-16(18)11-31/h3-9,12-13H,1-2H3,(H,35,36). The summed E-state index contributed by atoms with van der Waals surface area (Å²) in [5, 5.41) is 28.2. The summed E-state index contributed by atoms with van der Waals surface area (Å²) in [5.74, 6) is -1.97. The Bertz CT molecular complexity index is 1480. The van der Waals surface area contributed by atoms with Gasteiger partial charge in [0.1, 0.15) is 23.2 Å². The van der Waals surface area contributed by atoms with Crippen molar-refractivity contribution in [2.45, 2.75) is 19.2 Å². The van der Waals surface area contributed by atoms with E-state index in [1.165, 1.54) is 50.4 Å². The maximum atomic E-state index is 13.4. The zero-order valence-corrected chi connectivity index (χ0v) is 19.9. The van der Waals surface area contributed by atoms with Crippen LogP contribution in [0.2, 0.25) is 5.02 Å². The Labute approximate surface area is 213 Å². The summed E-state index contributed by atoms with van der Waals surface area (Å²) >= 11 is 6.25. The monoisotopic (exact) mass is 528 g/mol. The highest BCUT2D eigenvalue weighted by atomic mass is 35.5. The van der Waals surface area contributed by atoms with Crippen molar-refractivity contribution in [3.63, 3.8) is 0 Å². The van der Waals surface area contributed by atoms with Gasteiger partial charge in [-0.15, -0.1) is 0 Å². The first-order valence-corrected chi connectivity index (χ1v) is 10.7. The van der Waals surface area contributed by atoms with E-state index < -0.39 is 29.9 Å². The van der Waals surface area contributed by atoms with Crippen LogP contribution in [0.4, 0.5) is 18.9 Å². The zero-order valence-electron chi connectivity index (χ0n) is 19.2. The number of anilines is 1. The summed E-state index contributed by atoms with van der Waals surface area (Å²) in [7, 11) is 1.34. The molecule has 3 rings (SSSR count). The lowest BCUT2D eigenvalue weighted by molar-refractivity contribution is -0.144. The molecule has 1 atom stereocenters. The Hall–Kier alpha value is -4.61. The van der Waals surface area contributed by atoms with Gasteiger partial charge in [0.15, 0.2) is 6.10 Å². The fourth-order valence-corrected chi connectivity index (χ4v) is 3.59. The number of rotatable bonds is 6. The normalized spacial score (nSPS) is 11.7. The number of benzene rings is 2. The topological polar surface area (TPSA) is 127 Å². The third-order valence-corrected chi connectivity index (χ3v) is 5.56. The van der Waals surface area contributed by atoms with Gasteiger partial charge in [-0.3, -0.25) is 9.78 Å². The van der Waals surface area contributed by atoms with E-state index in [1.807, 2.05) is 6.07 Å². The Balaban J connectivity index is 2.08. The minimum Gasteiger partial charge on any atom is -0.479 e. The number of carboxylic acid groups (broad SMARTS) is 1. The van der Waals surface area contributed by atoms with Gasteiger partial charge in [0.25, 0.3) is 5.91 Å². The van der Waals surface area contributed by atoms with Gasteiger partial charge in [0.2, 0.25) is 0 Å². The quantitative estimate of drug-likeness (QED) is 0.460. The third-order valence-electron chi connectivity index (χ3n) is 5.23. The molecule has 0 saturated heterocycles. The van der Waals surface area contributed by atoms with Crippen molar-refractivity contribution in [2.75, 3.05) is 11.9 Å². The number of aromatic nitrogens is 1. The van der Waals surface area contributed by atoms with Crippen molar-refractivity contribution in [1.82, 2.24) is 4.98 Å². The number of carboxylic acids is 1. The van der Waals surface area contributed by atoms with Crippen molar-refractivity contribution in [2.24, 2.45) is 0 Å². The molecule has 188 valence electrons. The van der Waals surface area contributed by atoms with Gasteiger partial charge >= 0.3 is 12.1 Å². The summed E-state index contributed by atoms with van der Waals surface area (Å²) in [5.41, 5.74) is -1.50. The number of ether oxygens (including phenoxy) is 1. The van der Waals surface area contributed by atoms with E-state index in [0.717, 1.165) is 11.1 Å². The molecule has 0 spiro atoms. The van der Waals surface area contributed by atoms with Crippen molar-refractivity contribution in [3.05, 3.63) is 76.1 Å². The fourth-order valence-electron chi connectivity index (χ4n) is 3.37. The SMILES string of the molecule is CC(Oc1cccc(C#N)c1N(C)C(=O)c1ccc(Cl)c(-c2cnc(C(F)(F)F)cc2C#N)c1)C(=O)O. The Morgan fingerprint density at radius 2 is 1.78 bits per heavy atom. The number of nitrogens with zero attached hydrogens (tertiary/aromatic N) is 4. The van der Waals surface area contributed by atoms with Crippen LogP contribution in [0.25, 0.3) is 11.1 Å². The van der Waals surface area contributed by atoms with Crippen molar-refractivity contribution in [3.8, 4) is 29.0 Å². The Kier molecular flexibility index (Phi) is 7.70. The summed E-state index contributed by atoms with van der Waals surface area (Å²) in [6, 6.07) is 12.4. The van der Waals surface area contributed by atoms with E-state index in [9.17, 15) is 38.4 Å². The molecule has 1 aromatic heterocycles. The number of aliphatic carboxylic acids is 1. The molecule has 37 heavy (non-hydrogen) atoms. The first kappa shape index (κ1) is 27.0. The number of alkyl halides is 3. The highest BCUT2D eigenvalue weighted by molar-refractivity contribution is 6.33. The van der Waals surface area contributed by atoms with Gasteiger partial charge in [-0.25, -0.2) is 4.79 Å². The number of para-hydroxylation sites is 1. The van der Waals surface area contributed by atoms with Gasteiger partial charge in [-0.1, -0.05) is 17.7 Å². The van der Waals surface area contributed by atoms with Crippen molar-refractivity contribution in [1.29, 1.82) is 10.5 Å². The largest absolute Gasteiger partial charge is 0.479 e. The number of hydrogen-bond acceptors (Lipinski definition) is 6. The minimum absolute atomic E-state index is 0.00788. The number of carbonyl (C=O) groups is 2. The molecule has 2 aromatic carbocycles. The van der Waals surface area contributed by atoms with Gasteiger partial charge in [-0.2, -0.15) is 23.7 Å². The maximum Gasteiger partial charge on any atom is 0.433 e. The molecule has 0 bridgehead atoms. The molecular formula is C25H16ClF3N4O4. The number of halogens is 4. The summed E-state index contributed by atoms with van der Waals surface area (Å²) in [4.78, 5) is 29.1. The van der Waals surface area contributed by atoms with E-state index in [0.29, 0.717) is 6.07 Å². The second kappa shape index (κ2) is 10.6. The van der Waals surface area contributed by atoms with Crippen LogP contribution in [0.1, 0.15) is 34.1 Å². The molecule has 0 fully saturated rings. The molecule has 1 N–H and O–H groups in total. The highest BCUT2D eigenvalue weighted by Crippen LogP contribution is 2.36. The smallest absolute Gasteiger partial charge is 0.433 e. The number of amides is 1. The fraction of sp³-hybridized carbons (Fsp3) is 0.160. The number of hydrogen-bond donors (Lipinski definition) is 1. The second-order valence-electron chi connectivity index (χ2n) is 7.65. The van der Waals surface area contributed by atoms with Gasteiger partial charge in [0.05, 0.1) is 17.2 Å². The van der Waals surface area contributed by atoms with Crippen LogP contribution >= 0.6 is 11.6 Å². The van der Waals surface area contributed by atoms with Crippen LogP contribution in [-0.4, -0.2) is 35.1 Å². The Morgan fingerprint density at radius 3 is 2.38 bits per heavy atom. The lowest BCUT2D eigenvalue weighted by Crippen LogP contribution is -2.29. The molecule has 1 heterocycles. The van der Waals surface area contributed by atoms with Crippen LogP contribution in [0.15, 0.2) is 48.7 Å². The van der Waals surface area contributed by atoms with Gasteiger partial charge < -0.3 is 14.7 Å². The molecule has 8 nitrogen and oxygen atoms in total. The molecule has 0 radical (unpaired) electrons. The number of carbonyl (C=O) groups excluding carboxylic acids is 1. The first-order chi connectivity index (χ1) is 17.4. The van der Waals surface area contributed by atoms with E-state index in [1.54, 1.807) is 6.07 Å². The molecule has 1 unspecified atom stereocenters. The van der Waals surface area contributed by atoms with E-state index in [-0.39, 0.29) is 44.3 Å². The van der Waals surface area contributed by atoms with Crippen LogP contribution in [0.5, 0.6) is 5.75 Å². The first-order valence-electron chi connectivity index (χ1n) is 10.4. The predicted octanol–water partition coefficient (Wildman–Crippen LogP) is 5.29. The number of nitriles is 2. The lowest BCUT2D eigenvalue weighted by Gasteiger charge is -2.23. The van der Waals surface area contributed by atoms with Crippen LogP contribution < -0.4 is 9.64 Å². The predicted molar refractivity (Wildman–Crippen MR) is 126 cm³/mol. The average Bonchev–Trinajstić information content (AvgIpc) is 2.87. The molecule has 1 amide bonds. The molecule has 0 aliphatic rings. The molecule has 0 aliphatic carbocycles. The second-order valence-corrected chi connectivity index (χ2v) is 8.05. The van der Waals surface area contributed by atoms with Crippen LogP contribution in [-0.2, 0) is 11.0 Å². The van der Waals surface area contributed by atoms with E-state index in [4.69, 9.17) is 16.3 Å². The molecule has 12 heteroatoms. The number of pyridine rings is 1. The van der Waals surface area contributed by atoms with Crippen LogP contribution in [0, 0.1) is 22.7 Å². The van der Waals surface area contributed by atoms with E-state index >= 15 is 0 Å². The lowest BCUT2D eigenvalue weighted by atomic mass is 9.99. The molecule has 0 saturated carbocycles. The molecular weight excluding hydrogens is 513 g/mol. The minimum atomic E-state index is -4.76. The average molecular weight is 529 g/mol. The summed E-state index contributed by atoms with van der Waals surface area (Å²) < 4.78 is 44.6. The third kappa shape index (κ3) is 5.63. The van der Waals surface area contributed by atoms with Gasteiger partial charge in [0, 0.05) is 35.0 Å². The van der Waals surface area contributed by atoms with Gasteiger partial charge in [-0.05, 0) is 43.3 Å². The zero-order chi connectivity index (χ0) is 27.5. The summed E-state index contributed by atoms with van der Waals surface area (Å²) in [6.07, 6.45) is -5.19. The van der Waals surface area contributed by atoms with Crippen LogP contribution in [0.3, 0.4) is 0 Å².